The Balaban J connectivity index is 1.80. The van der Waals surface area contributed by atoms with Gasteiger partial charge >= 0.3 is 0 Å². The third-order valence-corrected chi connectivity index (χ3v) is 5.33. The number of carbonyl (C=O) groups excluding carboxylic acids is 1. The van der Waals surface area contributed by atoms with E-state index in [2.05, 4.69) is 49.0 Å². The van der Waals surface area contributed by atoms with Crippen molar-refractivity contribution in [1.29, 1.82) is 0 Å². The van der Waals surface area contributed by atoms with Crippen molar-refractivity contribution in [3.05, 3.63) is 23.5 Å². The van der Waals surface area contributed by atoms with E-state index in [1.807, 2.05) is 18.0 Å². The fraction of sp³-hybridized carbons (Fsp3) is 0.684. The van der Waals surface area contributed by atoms with Crippen LogP contribution in [0.2, 0.25) is 0 Å². The minimum atomic E-state index is -0.0837. The van der Waals surface area contributed by atoms with Crippen LogP contribution >= 0.6 is 0 Å². The molecule has 5 heteroatoms. The fourth-order valence-electron chi connectivity index (χ4n) is 3.95. The zero-order chi connectivity index (χ0) is 17.5. The van der Waals surface area contributed by atoms with Crippen LogP contribution in [0.25, 0.3) is 0 Å². The molecule has 1 saturated heterocycles. The molecule has 1 fully saturated rings. The number of fused-ring (bicyclic) bond motifs is 1. The van der Waals surface area contributed by atoms with E-state index in [9.17, 15) is 4.79 Å². The van der Waals surface area contributed by atoms with Gasteiger partial charge in [0.05, 0.1) is 17.9 Å². The van der Waals surface area contributed by atoms with Crippen LogP contribution in [0.15, 0.2) is 12.3 Å². The Morgan fingerprint density at radius 1 is 1.46 bits per heavy atom. The first-order chi connectivity index (χ1) is 11.3. The summed E-state index contributed by atoms with van der Waals surface area (Å²) in [5.41, 5.74) is 3.06. The van der Waals surface area contributed by atoms with Gasteiger partial charge in [-0.05, 0) is 31.9 Å². The topological polar surface area (TPSA) is 48.5 Å². The van der Waals surface area contributed by atoms with Gasteiger partial charge < -0.3 is 10.2 Å². The van der Waals surface area contributed by atoms with Crippen molar-refractivity contribution in [3.8, 4) is 0 Å². The van der Waals surface area contributed by atoms with Crippen molar-refractivity contribution < 1.29 is 4.79 Å². The number of anilines is 1. The zero-order valence-corrected chi connectivity index (χ0v) is 15.6. The minimum absolute atomic E-state index is 0.0837. The van der Waals surface area contributed by atoms with Crippen molar-refractivity contribution in [3.63, 3.8) is 0 Å². The molecule has 3 rings (SSSR count). The fourth-order valence-corrected chi connectivity index (χ4v) is 3.95. The molecule has 3 heterocycles. The van der Waals surface area contributed by atoms with Crippen LogP contribution in [0.1, 0.15) is 45.4 Å². The van der Waals surface area contributed by atoms with E-state index >= 15 is 0 Å². The van der Waals surface area contributed by atoms with Crippen molar-refractivity contribution in [2.75, 3.05) is 31.1 Å². The van der Waals surface area contributed by atoms with Crippen LogP contribution in [0, 0.1) is 6.92 Å². The molecule has 1 aromatic rings. The van der Waals surface area contributed by atoms with Gasteiger partial charge in [0, 0.05) is 43.3 Å². The summed E-state index contributed by atoms with van der Waals surface area (Å²) in [7, 11) is 0. The van der Waals surface area contributed by atoms with E-state index in [0.717, 1.165) is 43.0 Å². The van der Waals surface area contributed by atoms with E-state index < -0.39 is 0 Å². The Labute approximate surface area is 145 Å². The molecule has 0 aliphatic carbocycles. The van der Waals surface area contributed by atoms with Crippen molar-refractivity contribution >= 4 is 11.6 Å². The smallest absolute Gasteiger partial charge is 0.241 e. The molecule has 0 saturated carbocycles. The molecule has 1 N–H and O–H groups in total. The van der Waals surface area contributed by atoms with Crippen molar-refractivity contribution in [2.24, 2.45) is 0 Å². The van der Waals surface area contributed by atoms with Crippen LogP contribution in [0.5, 0.6) is 0 Å². The summed E-state index contributed by atoms with van der Waals surface area (Å²) in [6.45, 7) is 13.9. The second-order valence-electron chi connectivity index (χ2n) is 8.04. The molecule has 5 nitrogen and oxygen atoms in total. The summed E-state index contributed by atoms with van der Waals surface area (Å²) in [4.78, 5) is 22.0. The molecule has 0 radical (unpaired) electrons. The van der Waals surface area contributed by atoms with Gasteiger partial charge in [-0.15, -0.1) is 0 Å². The molecule has 0 bridgehead atoms. The number of aryl methyl sites for hydroxylation is 1. The summed E-state index contributed by atoms with van der Waals surface area (Å²) in [5.74, 6) is 0.196. The largest absolute Gasteiger partial charge is 0.311 e. The lowest BCUT2D eigenvalue weighted by atomic mass is 9.91. The predicted octanol–water partition coefficient (Wildman–Crippen LogP) is 2.09. The highest BCUT2D eigenvalue weighted by atomic mass is 16.2. The number of hydrogen-bond acceptors (Lipinski definition) is 4. The summed E-state index contributed by atoms with van der Waals surface area (Å²) in [6.07, 6.45) is 2.97. The van der Waals surface area contributed by atoms with Gasteiger partial charge in [-0.25, -0.2) is 0 Å². The number of carbonyl (C=O) groups is 1. The Morgan fingerprint density at radius 2 is 2.21 bits per heavy atom. The minimum Gasteiger partial charge on any atom is -0.311 e. The standard InChI is InChI=1S/C19H30N4O/c1-6-15-9-20-14(3)10-22(15)11-17(24)23-12-19(4,5)18-16(23)7-13(2)8-21-18/h7-8,14-15,20H,6,9-12H2,1-5H3/t14-,15+/m1/s1. The lowest BCUT2D eigenvalue weighted by Gasteiger charge is -2.39. The molecule has 132 valence electrons. The van der Waals surface area contributed by atoms with E-state index in [1.54, 1.807) is 0 Å². The molecular weight excluding hydrogens is 300 g/mol. The summed E-state index contributed by atoms with van der Waals surface area (Å²) in [6, 6.07) is 2.98. The molecule has 0 spiro atoms. The van der Waals surface area contributed by atoms with Crippen molar-refractivity contribution in [2.45, 2.75) is 58.5 Å². The second kappa shape index (κ2) is 6.45. The van der Waals surface area contributed by atoms with E-state index in [4.69, 9.17) is 0 Å². The van der Waals surface area contributed by atoms with Crippen LogP contribution in [-0.4, -0.2) is 54.1 Å². The van der Waals surface area contributed by atoms with Crippen molar-refractivity contribution in [1.82, 2.24) is 15.2 Å². The first-order valence-corrected chi connectivity index (χ1v) is 9.06. The summed E-state index contributed by atoms with van der Waals surface area (Å²) >= 11 is 0. The number of amides is 1. The van der Waals surface area contributed by atoms with Gasteiger partial charge in [-0.3, -0.25) is 14.7 Å². The number of aromatic nitrogens is 1. The van der Waals surface area contributed by atoms with Crippen LogP contribution in [-0.2, 0) is 10.2 Å². The van der Waals surface area contributed by atoms with E-state index in [-0.39, 0.29) is 11.3 Å². The van der Waals surface area contributed by atoms with Crippen LogP contribution in [0.4, 0.5) is 5.69 Å². The maximum Gasteiger partial charge on any atom is 0.241 e. The lowest BCUT2D eigenvalue weighted by molar-refractivity contribution is -0.120. The third-order valence-electron chi connectivity index (χ3n) is 5.33. The number of nitrogens with one attached hydrogen (secondary N) is 1. The molecule has 2 aliphatic rings. The molecule has 0 aromatic carbocycles. The number of pyridine rings is 1. The molecule has 1 aromatic heterocycles. The van der Waals surface area contributed by atoms with Gasteiger partial charge in [-0.2, -0.15) is 0 Å². The van der Waals surface area contributed by atoms with Crippen LogP contribution in [0.3, 0.4) is 0 Å². The molecule has 24 heavy (non-hydrogen) atoms. The van der Waals surface area contributed by atoms with Gasteiger partial charge in [0.25, 0.3) is 0 Å². The highest BCUT2D eigenvalue weighted by molar-refractivity contribution is 5.97. The molecular formula is C19H30N4O. The number of rotatable bonds is 3. The van der Waals surface area contributed by atoms with Gasteiger partial charge in [0.1, 0.15) is 0 Å². The maximum absolute atomic E-state index is 13.1. The second-order valence-corrected chi connectivity index (χ2v) is 8.04. The summed E-state index contributed by atoms with van der Waals surface area (Å²) in [5, 5.41) is 3.52. The molecule has 2 atom stereocenters. The van der Waals surface area contributed by atoms with Gasteiger partial charge in [-0.1, -0.05) is 20.8 Å². The molecule has 1 amide bonds. The highest BCUT2D eigenvalue weighted by Crippen LogP contribution is 2.39. The number of hydrogen-bond donors (Lipinski definition) is 1. The van der Waals surface area contributed by atoms with E-state index in [0.29, 0.717) is 18.6 Å². The predicted molar refractivity (Wildman–Crippen MR) is 97.5 cm³/mol. The normalized spacial score (nSPS) is 26.5. The highest BCUT2D eigenvalue weighted by Gasteiger charge is 2.40. The Bertz CT molecular complexity index is 628. The Kier molecular flexibility index (Phi) is 4.67. The molecule has 2 aliphatic heterocycles. The lowest BCUT2D eigenvalue weighted by Crippen LogP contribution is -2.57. The van der Waals surface area contributed by atoms with Crippen LogP contribution < -0.4 is 10.2 Å². The SMILES string of the molecule is CC[C@H]1CN[C@H](C)CN1CC(=O)N1CC(C)(C)c2ncc(C)cc21. The van der Waals surface area contributed by atoms with Gasteiger partial charge in [0.15, 0.2) is 0 Å². The number of nitrogens with zero attached hydrogens (tertiary/aromatic N) is 3. The van der Waals surface area contributed by atoms with Gasteiger partial charge in [0.2, 0.25) is 5.91 Å². The first kappa shape index (κ1) is 17.4. The Hall–Kier alpha value is -1.46. The zero-order valence-electron chi connectivity index (χ0n) is 15.6. The maximum atomic E-state index is 13.1. The summed E-state index contributed by atoms with van der Waals surface area (Å²) < 4.78 is 0. The molecule has 0 unspecified atom stereocenters. The van der Waals surface area contributed by atoms with E-state index in [1.165, 1.54) is 0 Å². The average Bonchev–Trinajstić information content (AvgIpc) is 2.78. The average molecular weight is 330 g/mol. The monoisotopic (exact) mass is 330 g/mol. The Morgan fingerprint density at radius 3 is 2.92 bits per heavy atom. The third kappa shape index (κ3) is 3.20. The first-order valence-electron chi connectivity index (χ1n) is 9.06. The quantitative estimate of drug-likeness (QED) is 0.922. The number of piperazine rings is 1.